The van der Waals surface area contributed by atoms with E-state index >= 15 is 0 Å². The Kier molecular flexibility index (Phi) is 4.98. The minimum atomic E-state index is 0.0741. The molecule has 1 aromatic carbocycles. The number of benzene rings is 1. The smallest absolute Gasteiger partial charge is 0.224 e. The quantitative estimate of drug-likeness (QED) is 0.877. The number of rotatable bonds is 5. The standard InChI is InChI=1S/C18H26N2O2/c21-17-7-5-14(6-8-17)11-18(22)19-12-15-9-10-20(13-15)16-3-1-2-4-16/h5-8,15-16,21H,1-4,9-13H2,(H,19,22). The van der Waals surface area contributed by atoms with Crippen LogP contribution in [0.3, 0.4) is 0 Å². The first kappa shape index (κ1) is 15.3. The second kappa shape index (κ2) is 7.14. The molecule has 1 amide bonds. The highest BCUT2D eigenvalue weighted by atomic mass is 16.3. The molecule has 1 atom stereocenters. The molecule has 0 aromatic heterocycles. The monoisotopic (exact) mass is 302 g/mol. The van der Waals surface area contributed by atoms with Gasteiger partial charge in [-0.1, -0.05) is 25.0 Å². The van der Waals surface area contributed by atoms with Crippen molar-refractivity contribution in [2.45, 2.75) is 44.6 Å². The van der Waals surface area contributed by atoms with E-state index in [0.29, 0.717) is 12.3 Å². The van der Waals surface area contributed by atoms with Gasteiger partial charge in [0.1, 0.15) is 5.75 Å². The van der Waals surface area contributed by atoms with E-state index in [2.05, 4.69) is 10.2 Å². The highest BCUT2D eigenvalue weighted by Crippen LogP contribution is 2.28. The summed E-state index contributed by atoms with van der Waals surface area (Å²) in [5.41, 5.74) is 0.939. The van der Waals surface area contributed by atoms with Crippen LogP contribution < -0.4 is 5.32 Å². The molecule has 0 bridgehead atoms. The van der Waals surface area contributed by atoms with Crippen molar-refractivity contribution in [3.05, 3.63) is 29.8 Å². The van der Waals surface area contributed by atoms with Crippen LogP contribution >= 0.6 is 0 Å². The van der Waals surface area contributed by atoms with E-state index in [-0.39, 0.29) is 11.7 Å². The van der Waals surface area contributed by atoms with Crippen LogP contribution in [0, 0.1) is 5.92 Å². The Bertz CT molecular complexity index is 494. The Hall–Kier alpha value is -1.55. The first-order valence-corrected chi connectivity index (χ1v) is 8.49. The summed E-state index contributed by atoms with van der Waals surface area (Å²) >= 11 is 0. The van der Waals surface area contributed by atoms with Crippen LogP contribution in [0.4, 0.5) is 0 Å². The molecule has 22 heavy (non-hydrogen) atoms. The number of hydrogen-bond acceptors (Lipinski definition) is 3. The fourth-order valence-electron chi connectivity index (χ4n) is 3.75. The normalized spacial score (nSPS) is 23.0. The zero-order valence-corrected chi connectivity index (χ0v) is 13.1. The minimum Gasteiger partial charge on any atom is -0.508 e. The van der Waals surface area contributed by atoms with Gasteiger partial charge in [-0.05, 0) is 49.4 Å². The van der Waals surface area contributed by atoms with E-state index in [0.717, 1.165) is 24.7 Å². The molecule has 1 heterocycles. The summed E-state index contributed by atoms with van der Waals surface area (Å²) in [6.07, 6.45) is 7.08. The average molecular weight is 302 g/mol. The maximum Gasteiger partial charge on any atom is 0.224 e. The fourth-order valence-corrected chi connectivity index (χ4v) is 3.75. The number of nitrogens with zero attached hydrogens (tertiary/aromatic N) is 1. The van der Waals surface area contributed by atoms with Gasteiger partial charge in [0, 0.05) is 19.1 Å². The maximum atomic E-state index is 12.0. The van der Waals surface area contributed by atoms with Crippen molar-refractivity contribution in [1.29, 1.82) is 0 Å². The molecule has 1 saturated heterocycles. The van der Waals surface area contributed by atoms with Crippen LogP contribution in [0.5, 0.6) is 5.75 Å². The van der Waals surface area contributed by atoms with Crippen molar-refractivity contribution < 1.29 is 9.90 Å². The van der Waals surface area contributed by atoms with Crippen LogP contribution in [0.15, 0.2) is 24.3 Å². The summed E-state index contributed by atoms with van der Waals surface area (Å²) in [4.78, 5) is 14.6. The largest absolute Gasteiger partial charge is 0.508 e. The number of nitrogens with one attached hydrogen (secondary N) is 1. The maximum absolute atomic E-state index is 12.0. The van der Waals surface area contributed by atoms with Crippen LogP contribution in [0.1, 0.15) is 37.7 Å². The van der Waals surface area contributed by atoms with Gasteiger partial charge in [-0.3, -0.25) is 4.79 Å². The van der Waals surface area contributed by atoms with Crippen molar-refractivity contribution >= 4 is 5.91 Å². The Morgan fingerprint density at radius 1 is 1.18 bits per heavy atom. The van der Waals surface area contributed by atoms with Crippen LogP contribution in [-0.4, -0.2) is 41.6 Å². The molecule has 0 spiro atoms. The second-order valence-electron chi connectivity index (χ2n) is 6.74. The number of likely N-dealkylation sites (tertiary alicyclic amines) is 1. The molecule has 2 fully saturated rings. The van der Waals surface area contributed by atoms with Gasteiger partial charge in [-0.15, -0.1) is 0 Å². The van der Waals surface area contributed by atoms with Gasteiger partial charge in [-0.25, -0.2) is 0 Å². The number of carbonyl (C=O) groups excluding carboxylic acids is 1. The summed E-state index contributed by atoms with van der Waals surface area (Å²) in [5, 5.41) is 12.3. The highest BCUT2D eigenvalue weighted by molar-refractivity contribution is 5.78. The van der Waals surface area contributed by atoms with Gasteiger partial charge in [0.05, 0.1) is 6.42 Å². The predicted octanol–water partition coefficient (Wildman–Crippen LogP) is 2.32. The molecule has 1 aliphatic carbocycles. The Morgan fingerprint density at radius 3 is 2.64 bits per heavy atom. The number of hydrogen-bond donors (Lipinski definition) is 2. The molecule has 0 radical (unpaired) electrons. The summed E-state index contributed by atoms with van der Waals surface area (Å²) in [5.74, 6) is 0.913. The van der Waals surface area contributed by atoms with Gasteiger partial charge in [0.25, 0.3) is 0 Å². The van der Waals surface area contributed by atoms with E-state index in [1.54, 1.807) is 24.3 Å². The van der Waals surface area contributed by atoms with Crippen molar-refractivity contribution in [2.24, 2.45) is 5.92 Å². The third kappa shape index (κ3) is 4.01. The molecule has 1 unspecified atom stereocenters. The number of phenolic OH excluding ortho intramolecular Hbond substituents is 1. The molecule has 1 saturated carbocycles. The average Bonchev–Trinajstić information content (AvgIpc) is 3.18. The van der Waals surface area contributed by atoms with E-state index in [4.69, 9.17) is 0 Å². The lowest BCUT2D eigenvalue weighted by Crippen LogP contribution is -2.34. The topological polar surface area (TPSA) is 52.6 Å². The Morgan fingerprint density at radius 2 is 1.91 bits per heavy atom. The van der Waals surface area contributed by atoms with Crippen molar-refractivity contribution in [2.75, 3.05) is 19.6 Å². The van der Waals surface area contributed by atoms with Gasteiger partial charge in [0.2, 0.25) is 5.91 Å². The summed E-state index contributed by atoms with van der Waals surface area (Å²) in [6, 6.07) is 7.65. The van der Waals surface area contributed by atoms with Gasteiger partial charge in [0.15, 0.2) is 0 Å². The lowest BCUT2D eigenvalue weighted by atomic mass is 10.1. The fraction of sp³-hybridized carbons (Fsp3) is 0.611. The lowest BCUT2D eigenvalue weighted by molar-refractivity contribution is -0.120. The molecule has 3 rings (SSSR count). The van der Waals surface area contributed by atoms with Crippen molar-refractivity contribution in [3.8, 4) is 5.75 Å². The van der Waals surface area contributed by atoms with Crippen LogP contribution in [-0.2, 0) is 11.2 Å². The van der Waals surface area contributed by atoms with E-state index in [1.165, 1.54) is 38.6 Å². The lowest BCUT2D eigenvalue weighted by Gasteiger charge is -2.23. The molecule has 1 aliphatic heterocycles. The van der Waals surface area contributed by atoms with E-state index in [9.17, 15) is 9.90 Å². The van der Waals surface area contributed by atoms with Crippen molar-refractivity contribution in [1.82, 2.24) is 10.2 Å². The predicted molar refractivity (Wildman–Crippen MR) is 86.8 cm³/mol. The van der Waals surface area contributed by atoms with Crippen molar-refractivity contribution in [3.63, 3.8) is 0 Å². The second-order valence-corrected chi connectivity index (χ2v) is 6.74. The summed E-state index contributed by atoms with van der Waals surface area (Å²) in [7, 11) is 0. The molecule has 1 aromatic rings. The third-order valence-electron chi connectivity index (χ3n) is 5.05. The summed E-state index contributed by atoms with van der Waals surface area (Å²) in [6.45, 7) is 3.13. The minimum absolute atomic E-state index is 0.0741. The molecular weight excluding hydrogens is 276 g/mol. The zero-order valence-electron chi connectivity index (χ0n) is 13.1. The molecule has 2 N–H and O–H groups in total. The zero-order chi connectivity index (χ0) is 15.4. The molecule has 2 aliphatic rings. The number of amides is 1. The Balaban J connectivity index is 1.39. The van der Waals surface area contributed by atoms with E-state index in [1.807, 2.05) is 0 Å². The van der Waals surface area contributed by atoms with Gasteiger partial charge >= 0.3 is 0 Å². The first-order chi connectivity index (χ1) is 10.7. The number of carbonyl (C=O) groups is 1. The SMILES string of the molecule is O=C(Cc1ccc(O)cc1)NCC1CCN(C2CCCC2)C1. The third-order valence-corrected chi connectivity index (χ3v) is 5.05. The Labute approximate surface area is 132 Å². The first-order valence-electron chi connectivity index (χ1n) is 8.49. The molecule has 4 heteroatoms. The van der Waals surface area contributed by atoms with Gasteiger partial charge in [-0.2, -0.15) is 0 Å². The van der Waals surface area contributed by atoms with Gasteiger partial charge < -0.3 is 15.3 Å². The number of phenols is 1. The van der Waals surface area contributed by atoms with Crippen LogP contribution in [0.25, 0.3) is 0 Å². The molecule has 4 nitrogen and oxygen atoms in total. The van der Waals surface area contributed by atoms with E-state index < -0.39 is 0 Å². The highest BCUT2D eigenvalue weighted by Gasteiger charge is 2.29. The van der Waals surface area contributed by atoms with Crippen LogP contribution in [0.2, 0.25) is 0 Å². The molecule has 120 valence electrons. The number of aromatic hydroxyl groups is 1. The molecular formula is C18H26N2O2. The summed E-state index contributed by atoms with van der Waals surface area (Å²) < 4.78 is 0.